The Morgan fingerprint density at radius 3 is 2.57 bits per heavy atom. The van der Waals surface area contributed by atoms with Gasteiger partial charge in [0.25, 0.3) is 0 Å². The molecule has 1 fully saturated rings. The van der Waals surface area contributed by atoms with E-state index in [2.05, 4.69) is 5.10 Å². The summed E-state index contributed by atoms with van der Waals surface area (Å²) in [6, 6.07) is 0. The minimum Gasteiger partial charge on any atom is -0.294 e. The number of ketones is 1. The number of nitrogens with zero attached hydrogens (tertiary/aromatic N) is 2. The minimum absolute atomic E-state index is 0.274. The van der Waals surface area contributed by atoms with Crippen molar-refractivity contribution in [3.05, 3.63) is 17.0 Å². The van der Waals surface area contributed by atoms with Crippen molar-refractivity contribution < 1.29 is 4.79 Å². The van der Waals surface area contributed by atoms with Crippen LogP contribution in [0.2, 0.25) is 0 Å². The average Bonchev–Trinajstić information content (AvgIpc) is 2.83. The van der Waals surface area contributed by atoms with Gasteiger partial charge in [-0.1, -0.05) is 0 Å². The van der Waals surface area contributed by atoms with E-state index in [1.165, 1.54) is 12.8 Å². The first-order valence-electron chi connectivity index (χ1n) is 5.13. The number of rotatable bonds is 3. The molecule has 0 spiro atoms. The van der Waals surface area contributed by atoms with Gasteiger partial charge in [0.1, 0.15) is 0 Å². The zero-order valence-electron chi connectivity index (χ0n) is 9.00. The number of carbonyl (C=O) groups is 1. The highest BCUT2D eigenvalue weighted by atomic mass is 16.1. The van der Waals surface area contributed by atoms with Gasteiger partial charge in [-0.25, -0.2) is 0 Å². The van der Waals surface area contributed by atoms with Crippen molar-refractivity contribution in [2.45, 2.75) is 33.1 Å². The first-order chi connectivity index (χ1) is 6.59. The summed E-state index contributed by atoms with van der Waals surface area (Å²) in [5, 5.41) is 4.26. The molecular weight excluding hydrogens is 176 g/mol. The summed E-state index contributed by atoms with van der Waals surface area (Å²) in [6.07, 6.45) is 3.17. The lowest BCUT2D eigenvalue weighted by Gasteiger charge is -1.99. The molecule has 0 aliphatic heterocycles. The summed E-state index contributed by atoms with van der Waals surface area (Å²) in [6.45, 7) is 3.87. The van der Waals surface area contributed by atoms with Crippen molar-refractivity contribution in [2.24, 2.45) is 13.0 Å². The van der Waals surface area contributed by atoms with Crippen LogP contribution in [0.5, 0.6) is 0 Å². The number of hydrogen-bond donors (Lipinski definition) is 0. The molecular formula is C11H16N2O. The van der Waals surface area contributed by atoms with Crippen LogP contribution in [0.1, 0.15) is 41.0 Å². The van der Waals surface area contributed by atoms with Gasteiger partial charge >= 0.3 is 0 Å². The van der Waals surface area contributed by atoms with Crippen molar-refractivity contribution >= 4 is 5.78 Å². The standard InChI is InChI=1S/C11H16N2O/c1-7-11(8(2)13(3)12-7)10(14)6-9-4-5-9/h9H,4-6H2,1-3H3. The van der Waals surface area contributed by atoms with E-state index in [0.717, 1.165) is 17.0 Å². The molecule has 0 unspecified atom stereocenters. The van der Waals surface area contributed by atoms with Crippen LogP contribution in [-0.2, 0) is 7.05 Å². The monoisotopic (exact) mass is 192 g/mol. The Morgan fingerprint density at radius 2 is 2.14 bits per heavy atom. The maximum Gasteiger partial charge on any atom is 0.166 e. The summed E-state index contributed by atoms with van der Waals surface area (Å²) in [7, 11) is 1.89. The van der Waals surface area contributed by atoms with Gasteiger partial charge in [-0.05, 0) is 32.6 Å². The van der Waals surface area contributed by atoms with Gasteiger partial charge in [0.2, 0.25) is 0 Å². The Morgan fingerprint density at radius 1 is 1.50 bits per heavy atom. The van der Waals surface area contributed by atoms with Crippen LogP contribution in [0, 0.1) is 19.8 Å². The second kappa shape index (κ2) is 3.23. The number of hydrogen-bond acceptors (Lipinski definition) is 2. The molecule has 3 heteroatoms. The number of carbonyl (C=O) groups excluding carboxylic acids is 1. The summed E-state index contributed by atoms with van der Waals surface area (Å²) in [5.41, 5.74) is 2.71. The Labute approximate surface area is 84.1 Å². The van der Waals surface area contributed by atoms with Crippen molar-refractivity contribution in [3.8, 4) is 0 Å². The van der Waals surface area contributed by atoms with E-state index in [4.69, 9.17) is 0 Å². The summed E-state index contributed by atoms with van der Waals surface area (Å²) < 4.78 is 1.79. The van der Waals surface area contributed by atoms with Gasteiger partial charge in [-0.2, -0.15) is 5.10 Å². The fraction of sp³-hybridized carbons (Fsp3) is 0.636. The molecule has 14 heavy (non-hydrogen) atoms. The maximum atomic E-state index is 11.9. The number of aryl methyl sites for hydroxylation is 2. The predicted molar refractivity (Wildman–Crippen MR) is 54.4 cm³/mol. The van der Waals surface area contributed by atoms with E-state index < -0.39 is 0 Å². The second-order valence-electron chi connectivity index (χ2n) is 4.24. The molecule has 0 aromatic carbocycles. The highest BCUT2D eigenvalue weighted by Gasteiger charge is 2.27. The molecule has 1 aromatic heterocycles. The van der Waals surface area contributed by atoms with E-state index in [9.17, 15) is 4.79 Å². The van der Waals surface area contributed by atoms with Crippen LogP contribution in [0.4, 0.5) is 0 Å². The highest BCUT2D eigenvalue weighted by molar-refractivity contribution is 5.98. The predicted octanol–water partition coefficient (Wildman–Crippen LogP) is 2.02. The Kier molecular flexibility index (Phi) is 2.17. The zero-order valence-corrected chi connectivity index (χ0v) is 9.00. The lowest BCUT2D eigenvalue weighted by Crippen LogP contribution is -2.03. The van der Waals surface area contributed by atoms with Crippen molar-refractivity contribution in [3.63, 3.8) is 0 Å². The summed E-state index contributed by atoms with van der Waals surface area (Å²) >= 11 is 0. The molecule has 0 N–H and O–H groups in total. The topological polar surface area (TPSA) is 34.9 Å². The first-order valence-corrected chi connectivity index (χ1v) is 5.13. The van der Waals surface area contributed by atoms with E-state index in [0.29, 0.717) is 12.3 Å². The fourth-order valence-electron chi connectivity index (χ4n) is 1.86. The number of Topliss-reactive ketones (excluding diaryl/α,β-unsaturated/α-hetero) is 1. The van der Waals surface area contributed by atoms with E-state index in [1.807, 2.05) is 20.9 Å². The van der Waals surface area contributed by atoms with Gasteiger partial charge in [-0.15, -0.1) is 0 Å². The third-order valence-electron chi connectivity index (χ3n) is 2.96. The Balaban J connectivity index is 2.24. The van der Waals surface area contributed by atoms with Crippen LogP contribution in [-0.4, -0.2) is 15.6 Å². The molecule has 1 aliphatic rings. The third-order valence-corrected chi connectivity index (χ3v) is 2.96. The summed E-state index contributed by atoms with van der Waals surface area (Å²) in [5.74, 6) is 0.928. The maximum absolute atomic E-state index is 11.9. The molecule has 0 radical (unpaired) electrons. The van der Waals surface area contributed by atoms with E-state index >= 15 is 0 Å². The third kappa shape index (κ3) is 1.59. The van der Waals surface area contributed by atoms with Crippen LogP contribution in [0.15, 0.2) is 0 Å². The lowest BCUT2D eigenvalue weighted by atomic mass is 10.0. The normalized spacial score (nSPS) is 15.9. The smallest absolute Gasteiger partial charge is 0.166 e. The largest absolute Gasteiger partial charge is 0.294 e. The van der Waals surface area contributed by atoms with E-state index in [-0.39, 0.29) is 5.78 Å². The van der Waals surface area contributed by atoms with Gasteiger partial charge in [-0.3, -0.25) is 9.48 Å². The minimum atomic E-state index is 0.274. The Bertz CT molecular complexity index is 375. The van der Waals surface area contributed by atoms with Crippen molar-refractivity contribution in [1.82, 2.24) is 9.78 Å². The first kappa shape index (κ1) is 9.44. The second-order valence-corrected chi connectivity index (χ2v) is 4.24. The zero-order chi connectivity index (χ0) is 10.3. The molecule has 76 valence electrons. The molecule has 0 atom stereocenters. The molecule has 1 aliphatic carbocycles. The fourth-order valence-corrected chi connectivity index (χ4v) is 1.86. The highest BCUT2D eigenvalue weighted by Crippen LogP contribution is 2.34. The lowest BCUT2D eigenvalue weighted by molar-refractivity contribution is 0.0975. The van der Waals surface area contributed by atoms with Crippen LogP contribution in [0.25, 0.3) is 0 Å². The van der Waals surface area contributed by atoms with Crippen LogP contribution < -0.4 is 0 Å². The molecule has 1 aromatic rings. The van der Waals surface area contributed by atoms with Gasteiger partial charge in [0, 0.05) is 19.2 Å². The average molecular weight is 192 g/mol. The quantitative estimate of drug-likeness (QED) is 0.687. The molecule has 1 heterocycles. The SMILES string of the molecule is Cc1nn(C)c(C)c1C(=O)CC1CC1. The van der Waals surface area contributed by atoms with Gasteiger partial charge in [0.15, 0.2) is 5.78 Å². The molecule has 0 saturated heterocycles. The molecule has 0 bridgehead atoms. The van der Waals surface area contributed by atoms with Crippen LogP contribution >= 0.6 is 0 Å². The van der Waals surface area contributed by atoms with Crippen LogP contribution in [0.3, 0.4) is 0 Å². The van der Waals surface area contributed by atoms with Crippen molar-refractivity contribution in [1.29, 1.82) is 0 Å². The molecule has 0 amide bonds. The van der Waals surface area contributed by atoms with Gasteiger partial charge < -0.3 is 0 Å². The molecule has 2 rings (SSSR count). The Hall–Kier alpha value is -1.12. The molecule has 1 saturated carbocycles. The van der Waals surface area contributed by atoms with Gasteiger partial charge in [0.05, 0.1) is 11.3 Å². The summed E-state index contributed by atoms with van der Waals surface area (Å²) in [4.78, 5) is 11.9. The molecule has 3 nitrogen and oxygen atoms in total. The van der Waals surface area contributed by atoms with Crippen molar-refractivity contribution in [2.75, 3.05) is 0 Å². The number of aromatic nitrogens is 2. The van der Waals surface area contributed by atoms with E-state index in [1.54, 1.807) is 4.68 Å².